The molecule has 1 aliphatic rings. The predicted octanol–water partition coefficient (Wildman–Crippen LogP) is 1.46. The molecule has 0 aromatic carbocycles. The molecule has 3 N–H and O–H groups in total. The molecule has 1 heterocycles. The average molecular weight is 194 g/mol. The Morgan fingerprint density at radius 2 is 2.29 bits per heavy atom. The highest BCUT2D eigenvalue weighted by Crippen LogP contribution is 2.36. The Morgan fingerprint density at radius 1 is 1.57 bits per heavy atom. The quantitative estimate of drug-likeness (QED) is 0.749. The van der Waals surface area contributed by atoms with Crippen LogP contribution in [0.3, 0.4) is 0 Å². The average Bonchev–Trinajstić information content (AvgIpc) is 2.44. The third-order valence-corrected chi connectivity index (χ3v) is 3.34. The SMILES string of the molecule is CC1CC(Nc2nn(C)cc2N)C1C. The van der Waals surface area contributed by atoms with Gasteiger partial charge < -0.3 is 11.1 Å². The maximum Gasteiger partial charge on any atom is 0.171 e. The normalized spacial score (nSPS) is 31.2. The van der Waals surface area contributed by atoms with Crippen molar-refractivity contribution in [3.05, 3.63) is 6.20 Å². The lowest BCUT2D eigenvalue weighted by atomic mass is 9.71. The molecule has 0 spiro atoms. The van der Waals surface area contributed by atoms with Crippen LogP contribution in [0.15, 0.2) is 6.20 Å². The smallest absolute Gasteiger partial charge is 0.171 e. The first-order valence-corrected chi connectivity index (χ1v) is 5.13. The topological polar surface area (TPSA) is 55.9 Å². The fraction of sp³-hybridized carbons (Fsp3) is 0.700. The summed E-state index contributed by atoms with van der Waals surface area (Å²) in [6.45, 7) is 4.55. The van der Waals surface area contributed by atoms with Crippen molar-refractivity contribution in [3.8, 4) is 0 Å². The van der Waals surface area contributed by atoms with Gasteiger partial charge in [-0.2, -0.15) is 5.10 Å². The van der Waals surface area contributed by atoms with Crippen molar-refractivity contribution in [3.63, 3.8) is 0 Å². The predicted molar refractivity (Wildman–Crippen MR) is 58.0 cm³/mol. The lowest BCUT2D eigenvalue weighted by Gasteiger charge is -2.41. The molecule has 4 nitrogen and oxygen atoms in total. The van der Waals surface area contributed by atoms with E-state index in [1.54, 1.807) is 4.68 Å². The molecule has 0 aliphatic heterocycles. The second kappa shape index (κ2) is 3.19. The number of hydrogen-bond acceptors (Lipinski definition) is 3. The van der Waals surface area contributed by atoms with Gasteiger partial charge in [0.15, 0.2) is 5.82 Å². The second-order valence-electron chi connectivity index (χ2n) is 4.43. The zero-order valence-electron chi connectivity index (χ0n) is 8.99. The van der Waals surface area contributed by atoms with Crippen molar-refractivity contribution >= 4 is 11.5 Å². The van der Waals surface area contributed by atoms with Crippen LogP contribution in [0.25, 0.3) is 0 Å². The fourth-order valence-corrected chi connectivity index (χ4v) is 2.02. The van der Waals surface area contributed by atoms with Crippen molar-refractivity contribution in [2.24, 2.45) is 18.9 Å². The maximum absolute atomic E-state index is 5.80. The second-order valence-corrected chi connectivity index (χ2v) is 4.43. The molecule has 0 saturated heterocycles. The van der Waals surface area contributed by atoms with Gasteiger partial charge in [-0.05, 0) is 18.3 Å². The molecule has 1 aromatic heterocycles. The Hall–Kier alpha value is -1.19. The molecule has 2 rings (SSSR count). The number of aromatic nitrogens is 2. The summed E-state index contributed by atoms with van der Waals surface area (Å²) in [5.41, 5.74) is 6.54. The first kappa shape index (κ1) is 9.37. The van der Waals surface area contributed by atoms with Gasteiger partial charge in [0, 0.05) is 19.3 Å². The highest BCUT2D eigenvalue weighted by molar-refractivity contribution is 5.60. The fourth-order valence-electron chi connectivity index (χ4n) is 2.02. The van der Waals surface area contributed by atoms with Gasteiger partial charge in [-0.3, -0.25) is 4.68 Å². The summed E-state index contributed by atoms with van der Waals surface area (Å²) in [7, 11) is 1.88. The van der Waals surface area contributed by atoms with Crippen LogP contribution in [0, 0.1) is 11.8 Å². The zero-order chi connectivity index (χ0) is 10.3. The summed E-state index contributed by atoms with van der Waals surface area (Å²) in [5.74, 6) is 2.37. The number of nitrogens with one attached hydrogen (secondary N) is 1. The number of aryl methyl sites for hydroxylation is 1. The van der Waals surface area contributed by atoms with Crippen LogP contribution < -0.4 is 11.1 Å². The molecule has 4 heteroatoms. The Bertz CT molecular complexity index is 331. The minimum Gasteiger partial charge on any atom is -0.394 e. The molecule has 1 aliphatic carbocycles. The molecular weight excluding hydrogens is 176 g/mol. The molecule has 0 bridgehead atoms. The van der Waals surface area contributed by atoms with E-state index in [-0.39, 0.29) is 0 Å². The van der Waals surface area contributed by atoms with Gasteiger partial charge in [-0.25, -0.2) is 0 Å². The van der Waals surface area contributed by atoms with Gasteiger partial charge >= 0.3 is 0 Å². The highest BCUT2D eigenvalue weighted by atomic mass is 15.3. The number of hydrogen-bond donors (Lipinski definition) is 2. The van der Waals surface area contributed by atoms with E-state index < -0.39 is 0 Å². The van der Waals surface area contributed by atoms with E-state index in [0.717, 1.165) is 23.3 Å². The van der Waals surface area contributed by atoms with Crippen LogP contribution in [-0.4, -0.2) is 15.8 Å². The monoisotopic (exact) mass is 194 g/mol. The number of anilines is 2. The van der Waals surface area contributed by atoms with Crippen molar-refractivity contribution in [1.29, 1.82) is 0 Å². The van der Waals surface area contributed by atoms with E-state index in [1.807, 2.05) is 13.2 Å². The van der Waals surface area contributed by atoms with Crippen molar-refractivity contribution in [2.45, 2.75) is 26.3 Å². The molecular formula is C10H18N4. The van der Waals surface area contributed by atoms with Crippen molar-refractivity contribution < 1.29 is 0 Å². The van der Waals surface area contributed by atoms with Gasteiger partial charge in [-0.15, -0.1) is 0 Å². The van der Waals surface area contributed by atoms with Crippen molar-refractivity contribution in [2.75, 3.05) is 11.1 Å². The summed E-state index contributed by atoms with van der Waals surface area (Å²) in [5, 5.41) is 7.66. The summed E-state index contributed by atoms with van der Waals surface area (Å²) < 4.78 is 1.74. The molecule has 1 saturated carbocycles. The minimum atomic E-state index is 0.544. The third-order valence-electron chi connectivity index (χ3n) is 3.34. The first-order chi connectivity index (χ1) is 6.58. The van der Waals surface area contributed by atoms with Gasteiger partial charge in [0.25, 0.3) is 0 Å². The summed E-state index contributed by atoms with van der Waals surface area (Å²) >= 11 is 0. The first-order valence-electron chi connectivity index (χ1n) is 5.13. The van der Waals surface area contributed by atoms with Gasteiger partial charge in [0.1, 0.15) is 0 Å². The molecule has 3 unspecified atom stereocenters. The Labute approximate surface area is 84.5 Å². The summed E-state index contributed by atoms with van der Waals surface area (Å²) in [6.07, 6.45) is 3.05. The van der Waals surface area contributed by atoms with E-state index in [1.165, 1.54) is 6.42 Å². The molecule has 78 valence electrons. The number of nitrogens with zero attached hydrogens (tertiary/aromatic N) is 2. The summed E-state index contributed by atoms with van der Waals surface area (Å²) in [6, 6.07) is 0.544. The van der Waals surface area contributed by atoms with E-state index in [2.05, 4.69) is 24.3 Å². The van der Waals surface area contributed by atoms with Crippen LogP contribution >= 0.6 is 0 Å². The van der Waals surface area contributed by atoms with Crippen molar-refractivity contribution in [1.82, 2.24) is 9.78 Å². The minimum absolute atomic E-state index is 0.544. The lowest BCUT2D eigenvalue weighted by molar-refractivity contribution is 0.188. The van der Waals surface area contributed by atoms with E-state index in [9.17, 15) is 0 Å². The van der Waals surface area contributed by atoms with E-state index in [4.69, 9.17) is 5.73 Å². The van der Waals surface area contributed by atoms with Crippen LogP contribution in [0.1, 0.15) is 20.3 Å². The van der Waals surface area contributed by atoms with E-state index in [0.29, 0.717) is 6.04 Å². The standard InChI is InChI=1S/C10H18N4/c1-6-4-9(7(6)2)12-10-8(11)5-14(3)13-10/h5-7,9H,4,11H2,1-3H3,(H,12,13). The van der Waals surface area contributed by atoms with Crippen LogP contribution in [0.4, 0.5) is 11.5 Å². The lowest BCUT2D eigenvalue weighted by Crippen LogP contribution is -2.43. The van der Waals surface area contributed by atoms with Gasteiger partial charge in [0.05, 0.1) is 5.69 Å². The molecule has 0 radical (unpaired) electrons. The number of rotatable bonds is 2. The molecule has 1 aromatic rings. The van der Waals surface area contributed by atoms with Crippen LogP contribution in [-0.2, 0) is 7.05 Å². The zero-order valence-corrected chi connectivity index (χ0v) is 8.99. The van der Waals surface area contributed by atoms with Gasteiger partial charge in [0.2, 0.25) is 0 Å². The number of nitrogen functional groups attached to an aromatic ring is 1. The molecule has 1 fully saturated rings. The molecule has 14 heavy (non-hydrogen) atoms. The Balaban J connectivity index is 2.01. The van der Waals surface area contributed by atoms with Crippen LogP contribution in [0.2, 0.25) is 0 Å². The van der Waals surface area contributed by atoms with Crippen LogP contribution in [0.5, 0.6) is 0 Å². The highest BCUT2D eigenvalue weighted by Gasteiger charge is 2.34. The summed E-state index contributed by atoms with van der Waals surface area (Å²) in [4.78, 5) is 0. The molecule has 3 atom stereocenters. The van der Waals surface area contributed by atoms with Gasteiger partial charge in [-0.1, -0.05) is 13.8 Å². The molecule has 0 amide bonds. The maximum atomic E-state index is 5.80. The Morgan fingerprint density at radius 3 is 2.71 bits per heavy atom. The van der Waals surface area contributed by atoms with E-state index >= 15 is 0 Å². The number of nitrogens with two attached hydrogens (primary N) is 1. The largest absolute Gasteiger partial charge is 0.394 e. The third kappa shape index (κ3) is 1.45. The Kier molecular flexibility index (Phi) is 2.13.